The Labute approximate surface area is 113 Å². The van der Waals surface area contributed by atoms with Crippen molar-refractivity contribution in [3.8, 4) is 0 Å². The summed E-state index contributed by atoms with van der Waals surface area (Å²) in [7, 11) is 0. The van der Waals surface area contributed by atoms with Gasteiger partial charge in [-0.25, -0.2) is 8.78 Å². The Morgan fingerprint density at radius 2 is 2.00 bits per heavy atom. The minimum Gasteiger partial charge on any atom is -0.299 e. The van der Waals surface area contributed by atoms with Crippen molar-refractivity contribution >= 4 is 0 Å². The number of piperazine rings is 3. The normalized spacial score (nSPS) is 42.5. The van der Waals surface area contributed by atoms with Crippen molar-refractivity contribution in [3.63, 3.8) is 0 Å². The fraction of sp³-hybridized carbons (Fsp3) is 1.00. The lowest BCUT2D eigenvalue weighted by atomic mass is 9.91. The summed E-state index contributed by atoms with van der Waals surface area (Å²) >= 11 is 0. The van der Waals surface area contributed by atoms with Gasteiger partial charge in [-0.15, -0.1) is 0 Å². The number of alkyl halides is 2. The molecule has 4 rings (SSSR count). The average molecular weight is 274 g/mol. The predicted molar refractivity (Wildman–Crippen MR) is 69.8 cm³/mol. The Hall–Kier alpha value is -0.300. The Bertz CT molecular complexity index is 318. The molecule has 1 saturated carbocycles. The molecule has 4 nitrogen and oxygen atoms in total. The van der Waals surface area contributed by atoms with Gasteiger partial charge in [0.05, 0.1) is 0 Å². The number of nitrogens with two attached hydrogens (primary N) is 1. The van der Waals surface area contributed by atoms with Crippen LogP contribution in [0, 0.1) is 5.92 Å². The van der Waals surface area contributed by atoms with E-state index >= 15 is 0 Å². The van der Waals surface area contributed by atoms with E-state index in [0.29, 0.717) is 12.5 Å². The molecule has 0 radical (unpaired) electrons. The van der Waals surface area contributed by atoms with Gasteiger partial charge in [0.1, 0.15) is 0 Å². The van der Waals surface area contributed by atoms with E-state index in [1.165, 1.54) is 0 Å². The van der Waals surface area contributed by atoms with Crippen molar-refractivity contribution in [2.75, 3.05) is 32.7 Å². The number of hydrogen-bond acceptors (Lipinski definition) is 4. The SMILES string of the molecule is NNC(CC1CCC(F)(F)C1)C1CN2CCN1CC2. The van der Waals surface area contributed by atoms with E-state index in [2.05, 4.69) is 15.2 Å². The van der Waals surface area contributed by atoms with E-state index < -0.39 is 5.92 Å². The quantitative estimate of drug-likeness (QED) is 0.583. The van der Waals surface area contributed by atoms with E-state index in [0.717, 1.165) is 39.1 Å². The molecule has 0 spiro atoms. The molecule has 2 bridgehead atoms. The predicted octanol–water partition coefficient (Wildman–Crippen LogP) is 0.644. The number of rotatable bonds is 4. The Morgan fingerprint density at radius 1 is 1.26 bits per heavy atom. The zero-order chi connectivity index (χ0) is 13.5. The van der Waals surface area contributed by atoms with Crippen LogP contribution in [-0.2, 0) is 0 Å². The number of hydrazine groups is 1. The van der Waals surface area contributed by atoms with Gasteiger partial charge in [-0.3, -0.25) is 21.1 Å². The molecule has 0 aromatic heterocycles. The molecule has 3 atom stereocenters. The summed E-state index contributed by atoms with van der Waals surface area (Å²) in [4.78, 5) is 4.93. The van der Waals surface area contributed by atoms with Gasteiger partial charge in [0.2, 0.25) is 5.92 Å². The monoisotopic (exact) mass is 274 g/mol. The molecule has 3 heterocycles. The Kier molecular flexibility index (Phi) is 3.77. The van der Waals surface area contributed by atoms with Crippen molar-refractivity contribution in [2.24, 2.45) is 11.8 Å². The van der Waals surface area contributed by atoms with Crippen LogP contribution in [0.4, 0.5) is 8.78 Å². The van der Waals surface area contributed by atoms with Crippen LogP contribution in [0.1, 0.15) is 25.7 Å². The molecule has 3 unspecified atom stereocenters. The highest BCUT2D eigenvalue weighted by atomic mass is 19.3. The zero-order valence-electron chi connectivity index (χ0n) is 11.3. The van der Waals surface area contributed by atoms with Crippen LogP contribution in [0.5, 0.6) is 0 Å². The molecule has 3 aliphatic heterocycles. The van der Waals surface area contributed by atoms with E-state index in [9.17, 15) is 8.78 Å². The standard InChI is InChI=1S/C13H24F2N4/c14-13(15)2-1-10(8-13)7-11(17-16)12-9-18-3-5-19(12)6-4-18/h10-12,17H,1-9,16H2. The van der Waals surface area contributed by atoms with Crippen LogP contribution < -0.4 is 11.3 Å². The van der Waals surface area contributed by atoms with Crippen molar-refractivity contribution in [1.82, 2.24) is 15.2 Å². The highest BCUT2D eigenvalue weighted by Gasteiger charge is 2.42. The molecular formula is C13H24F2N4. The lowest BCUT2D eigenvalue weighted by Crippen LogP contribution is -2.67. The molecule has 4 fully saturated rings. The number of hydrogen-bond donors (Lipinski definition) is 2. The van der Waals surface area contributed by atoms with E-state index in [4.69, 9.17) is 5.84 Å². The fourth-order valence-corrected chi connectivity index (χ4v) is 3.98. The maximum Gasteiger partial charge on any atom is 0.248 e. The van der Waals surface area contributed by atoms with Crippen LogP contribution in [0.25, 0.3) is 0 Å². The summed E-state index contributed by atoms with van der Waals surface area (Å²) in [5, 5.41) is 0. The van der Waals surface area contributed by atoms with E-state index in [1.807, 2.05) is 0 Å². The van der Waals surface area contributed by atoms with Crippen LogP contribution >= 0.6 is 0 Å². The average Bonchev–Trinajstić information content (AvgIpc) is 2.76. The van der Waals surface area contributed by atoms with Crippen LogP contribution in [0.3, 0.4) is 0 Å². The summed E-state index contributed by atoms with van der Waals surface area (Å²) < 4.78 is 26.5. The molecule has 110 valence electrons. The van der Waals surface area contributed by atoms with Gasteiger partial charge < -0.3 is 0 Å². The van der Waals surface area contributed by atoms with Gasteiger partial charge in [-0.05, 0) is 18.8 Å². The third kappa shape index (κ3) is 2.91. The van der Waals surface area contributed by atoms with E-state index in [-0.39, 0.29) is 24.8 Å². The van der Waals surface area contributed by atoms with Crippen LogP contribution in [0.2, 0.25) is 0 Å². The second-order valence-corrected chi connectivity index (χ2v) is 6.38. The second kappa shape index (κ2) is 5.24. The lowest BCUT2D eigenvalue weighted by molar-refractivity contribution is -0.0116. The maximum atomic E-state index is 13.3. The summed E-state index contributed by atoms with van der Waals surface area (Å²) in [6, 6.07) is 0.531. The maximum absolute atomic E-state index is 13.3. The molecule has 4 aliphatic rings. The Balaban J connectivity index is 1.59. The van der Waals surface area contributed by atoms with Gasteiger partial charge in [-0.2, -0.15) is 0 Å². The molecule has 3 N–H and O–H groups in total. The molecule has 0 aromatic rings. The summed E-state index contributed by atoms with van der Waals surface area (Å²) in [6.07, 6.45) is 1.51. The minimum atomic E-state index is -2.45. The van der Waals surface area contributed by atoms with Gasteiger partial charge in [0, 0.05) is 57.6 Å². The lowest BCUT2D eigenvalue weighted by Gasteiger charge is -2.50. The highest BCUT2D eigenvalue weighted by molar-refractivity contribution is 4.96. The summed E-state index contributed by atoms with van der Waals surface area (Å²) in [6.45, 7) is 5.47. The molecular weight excluding hydrogens is 250 g/mol. The van der Waals surface area contributed by atoms with Crippen LogP contribution in [-0.4, -0.2) is 60.5 Å². The Morgan fingerprint density at radius 3 is 2.47 bits per heavy atom. The van der Waals surface area contributed by atoms with E-state index in [1.54, 1.807) is 0 Å². The molecule has 19 heavy (non-hydrogen) atoms. The third-order valence-corrected chi connectivity index (χ3v) is 5.09. The van der Waals surface area contributed by atoms with Crippen molar-refractivity contribution in [1.29, 1.82) is 0 Å². The van der Waals surface area contributed by atoms with Crippen molar-refractivity contribution < 1.29 is 8.78 Å². The van der Waals surface area contributed by atoms with Gasteiger partial charge in [0.25, 0.3) is 0 Å². The number of fused-ring (bicyclic) bond motifs is 3. The molecule has 1 aliphatic carbocycles. The summed E-state index contributed by atoms with van der Waals surface area (Å²) in [5.74, 6) is 3.37. The first kappa shape index (κ1) is 13.7. The first-order valence-corrected chi connectivity index (χ1v) is 7.38. The number of nitrogens with one attached hydrogen (secondary N) is 1. The zero-order valence-corrected chi connectivity index (χ0v) is 11.3. The molecule has 6 heteroatoms. The molecule has 0 aromatic carbocycles. The second-order valence-electron chi connectivity index (χ2n) is 6.38. The van der Waals surface area contributed by atoms with Crippen molar-refractivity contribution in [2.45, 2.75) is 43.7 Å². The van der Waals surface area contributed by atoms with Crippen LogP contribution in [0.15, 0.2) is 0 Å². The van der Waals surface area contributed by atoms with Crippen molar-refractivity contribution in [3.05, 3.63) is 0 Å². The van der Waals surface area contributed by atoms with Gasteiger partial charge in [-0.1, -0.05) is 0 Å². The number of halogens is 2. The molecule has 3 saturated heterocycles. The topological polar surface area (TPSA) is 44.5 Å². The largest absolute Gasteiger partial charge is 0.299 e. The summed E-state index contributed by atoms with van der Waals surface area (Å²) in [5.41, 5.74) is 2.90. The fourth-order valence-electron chi connectivity index (χ4n) is 3.98. The number of nitrogens with zero attached hydrogens (tertiary/aromatic N) is 2. The first-order chi connectivity index (χ1) is 9.07. The highest BCUT2D eigenvalue weighted by Crippen LogP contribution is 2.41. The van der Waals surface area contributed by atoms with Gasteiger partial charge >= 0.3 is 0 Å². The smallest absolute Gasteiger partial charge is 0.248 e. The first-order valence-electron chi connectivity index (χ1n) is 7.38. The third-order valence-electron chi connectivity index (χ3n) is 5.09. The van der Waals surface area contributed by atoms with Gasteiger partial charge in [0.15, 0.2) is 0 Å². The minimum absolute atomic E-state index is 0.0433. The molecule has 0 amide bonds.